The summed E-state index contributed by atoms with van der Waals surface area (Å²) in [5.41, 5.74) is 7.55. The number of aryl methyl sites for hydroxylation is 3. The third-order valence-corrected chi connectivity index (χ3v) is 3.08. The predicted octanol–water partition coefficient (Wildman–Crippen LogP) is 0.467. The average Bonchev–Trinajstić information content (AvgIpc) is 2.80. The second-order valence-electron chi connectivity index (χ2n) is 5.37. The molecule has 0 unspecified atom stereocenters. The quantitative estimate of drug-likeness (QED) is 0.764. The number of carbonyl (C=O) groups is 1. The van der Waals surface area contributed by atoms with Crippen LogP contribution in [-0.2, 0) is 22.7 Å². The van der Waals surface area contributed by atoms with Crippen molar-refractivity contribution in [3.05, 3.63) is 23.3 Å². The number of nitrogens with two attached hydrogens (primary N) is 1. The summed E-state index contributed by atoms with van der Waals surface area (Å²) in [6.45, 7) is 4.29. The maximum absolute atomic E-state index is 11.8. The van der Waals surface area contributed by atoms with Crippen LogP contribution in [0.25, 0.3) is 0 Å². The van der Waals surface area contributed by atoms with Crippen molar-refractivity contribution in [2.75, 3.05) is 24.7 Å². The summed E-state index contributed by atoms with van der Waals surface area (Å²) in [7, 11) is 3.58. The molecule has 2 aromatic rings. The van der Waals surface area contributed by atoms with Crippen LogP contribution in [0.4, 0.5) is 11.9 Å². The summed E-state index contributed by atoms with van der Waals surface area (Å²) in [6, 6.07) is 1.96. The molecular formula is C14H21N7O2. The maximum Gasteiger partial charge on any atom is 0.308 e. The van der Waals surface area contributed by atoms with Crippen molar-refractivity contribution in [1.29, 1.82) is 0 Å². The van der Waals surface area contributed by atoms with E-state index in [0.717, 1.165) is 11.4 Å². The van der Waals surface area contributed by atoms with Gasteiger partial charge in [0.25, 0.3) is 0 Å². The lowest BCUT2D eigenvalue weighted by Gasteiger charge is -2.11. The van der Waals surface area contributed by atoms with Crippen LogP contribution < -0.4 is 10.6 Å². The van der Waals surface area contributed by atoms with E-state index in [0.29, 0.717) is 18.3 Å². The molecule has 2 N–H and O–H groups in total. The van der Waals surface area contributed by atoms with Gasteiger partial charge in [-0.15, -0.1) is 0 Å². The summed E-state index contributed by atoms with van der Waals surface area (Å²) in [6.07, 6.45) is 0.225. The minimum atomic E-state index is -0.345. The number of rotatable bonds is 6. The molecule has 0 amide bonds. The Hall–Kier alpha value is -2.71. The van der Waals surface area contributed by atoms with Crippen molar-refractivity contribution in [3.63, 3.8) is 0 Å². The molecule has 0 aliphatic heterocycles. The molecule has 0 fully saturated rings. The zero-order valence-corrected chi connectivity index (χ0v) is 13.8. The third kappa shape index (κ3) is 4.63. The van der Waals surface area contributed by atoms with E-state index in [2.05, 4.69) is 20.1 Å². The summed E-state index contributed by atoms with van der Waals surface area (Å²) in [5, 5.41) is 4.30. The van der Waals surface area contributed by atoms with Gasteiger partial charge < -0.3 is 15.4 Å². The van der Waals surface area contributed by atoms with Gasteiger partial charge in [0.15, 0.2) is 12.4 Å². The van der Waals surface area contributed by atoms with Crippen LogP contribution in [-0.4, -0.2) is 44.8 Å². The number of hydrogen-bond donors (Lipinski definition) is 1. The molecule has 0 aliphatic rings. The van der Waals surface area contributed by atoms with Crippen LogP contribution in [0, 0.1) is 13.8 Å². The molecule has 9 heteroatoms. The SMILES string of the molecule is Cc1cc(C)n(CCC(=O)OCc2nc(N)nc(N(C)C)n2)n1. The lowest BCUT2D eigenvalue weighted by Crippen LogP contribution is -2.17. The van der Waals surface area contributed by atoms with Gasteiger partial charge in [-0.2, -0.15) is 20.1 Å². The van der Waals surface area contributed by atoms with Crippen LogP contribution in [0.1, 0.15) is 23.6 Å². The Morgan fingerprint density at radius 3 is 2.65 bits per heavy atom. The highest BCUT2D eigenvalue weighted by Crippen LogP contribution is 2.07. The first-order valence-electron chi connectivity index (χ1n) is 7.19. The van der Waals surface area contributed by atoms with Crippen molar-refractivity contribution in [2.45, 2.75) is 33.4 Å². The molecule has 0 bridgehead atoms. The molecule has 2 rings (SSSR count). The molecule has 0 radical (unpaired) electrons. The number of nitrogens with zero attached hydrogens (tertiary/aromatic N) is 6. The van der Waals surface area contributed by atoms with Crippen molar-refractivity contribution >= 4 is 17.9 Å². The minimum Gasteiger partial charge on any atom is -0.457 e. The van der Waals surface area contributed by atoms with Gasteiger partial charge in [-0.1, -0.05) is 0 Å². The van der Waals surface area contributed by atoms with E-state index in [9.17, 15) is 4.79 Å². The molecule has 2 heterocycles. The Labute approximate surface area is 134 Å². The second-order valence-corrected chi connectivity index (χ2v) is 5.37. The van der Waals surface area contributed by atoms with E-state index < -0.39 is 0 Å². The molecule has 0 spiro atoms. The number of nitrogen functional groups attached to an aromatic ring is 1. The first-order chi connectivity index (χ1) is 10.8. The van der Waals surface area contributed by atoms with Crippen molar-refractivity contribution in [3.8, 4) is 0 Å². The Bertz CT molecular complexity index is 696. The van der Waals surface area contributed by atoms with Crippen molar-refractivity contribution < 1.29 is 9.53 Å². The van der Waals surface area contributed by atoms with Crippen LogP contribution in [0.2, 0.25) is 0 Å². The van der Waals surface area contributed by atoms with E-state index >= 15 is 0 Å². The lowest BCUT2D eigenvalue weighted by molar-refractivity contribution is -0.145. The van der Waals surface area contributed by atoms with Gasteiger partial charge in [0.2, 0.25) is 11.9 Å². The van der Waals surface area contributed by atoms with Crippen molar-refractivity contribution in [1.82, 2.24) is 24.7 Å². The number of anilines is 2. The van der Waals surface area contributed by atoms with E-state index in [4.69, 9.17) is 10.5 Å². The van der Waals surface area contributed by atoms with E-state index in [-0.39, 0.29) is 24.9 Å². The van der Waals surface area contributed by atoms with Crippen LogP contribution in [0.5, 0.6) is 0 Å². The molecule has 0 aliphatic carbocycles. The van der Waals surface area contributed by atoms with Gasteiger partial charge in [-0.3, -0.25) is 9.48 Å². The Morgan fingerprint density at radius 1 is 1.30 bits per heavy atom. The Balaban J connectivity index is 1.88. The summed E-state index contributed by atoms with van der Waals surface area (Å²) in [5.74, 6) is 0.493. The smallest absolute Gasteiger partial charge is 0.308 e. The fourth-order valence-electron chi connectivity index (χ4n) is 2.01. The Kier molecular flexibility index (Phi) is 5.09. The number of esters is 1. The number of hydrogen-bond acceptors (Lipinski definition) is 8. The number of carbonyl (C=O) groups excluding carboxylic acids is 1. The fourth-order valence-corrected chi connectivity index (χ4v) is 2.01. The molecule has 2 aromatic heterocycles. The van der Waals surface area contributed by atoms with Gasteiger partial charge in [0.05, 0.1) is 18.7 Å². The first kappa shape index (κ1) is 16.7. The Morgan fingerprint density at radius 2 is 2.04 bits per heavy atom. The highest BCUT2D eigenvalue weighted by molar-refractivity contribution is 5.69. The topological polar surface area (TPSA) is 112 Å². The zero-order valence-electron chi connectivity index (χ0n) is 13.8. The summed E-state index contributed by atoms with van der Waals surface area (Å²) >= 11 is 0. The third-order valence-electron chi connectivity index (χ3n) is 3.08. The fraction of sp³-hybridized carbons (Fsp3) is 0.500. The largest absolute Gasteiger partial charge is 0.457 e. The standard InChI is InChI=1S/C14H21N7O2/c1-9-7-10(2)21(19-9)6-5-12(22)23-8-11-16-13(15)18-14(17-11)20(3)4/h7H,5-6,8H2,1-4H3,(H2,15,16,17,18). The highest BCUT2D eigenvalue weighted by Gasteiger charge is 2.10. The second kappa shape index (κ2) is 7.03. The molecule has 23 heavy (non-hydrogen) atoms. The number of aromatic nitrogens is 5. The maximum atomic E-state index is 11.8. The molecule has 124 valence electrons. The van der Waals surface area contributed by atoms with Gasteiger partial charge in [0, 0.05) is 19.8 Å². The predicted molar refractivity (Wildman–Crippen MR) is 84.7 cm³/mol. The monoisotopic (exact) mass is 319 g/mol. The van der Waals surface area contributed by atoms with E-state index in [1.165, 1.54) is 0 Å². The molecule has 0 saturated heterocycles. The zero-order chi connectivity index (χ0) is 17.0. The van der Waals surface area contributed by atoms with E-state index in [1.807, 2.05) is 19.9 Å². The van der Waals surface area contributed by atoms with Crippen LogP contribution in [0.3, 0.4) is 0 Å². The minimum absolute atomic E-state index is 0.0382. The van der Waals surface area contributed by atoms with Gasteiger partial charge in [-0.25, -0.2) is 0 Å². The summed E-state index contributed by atoms with van der Waals surface area (Å²) in [4.78, 5) is 25.6. The molecular weight excluding hydrogens is 298 g/mol. The van der Waals surface area contributed by atoms with Gasteiger partial charge >= 0.3 is 5.97 Å². The van der Waals surface area contributed by atoms with E-state index in [1.54, 1.807) is 23.7 Å². The lowest BCUT2D eigenvalue weighted by atomic mass is 10.4. The van der Waals surface area contributed by atoms with Gasteiger partial charge in [-0.05, 0) is 19.9 Å². The molecule has 0 atom stereocenters. The van der Waals surface area contributed by atoms with Crippen LogP contribution >= 0.6 is 0 Å². The van der Waals surface area contributed by atoms with Crippen LogP contribution in [0.15, 0.2) is 6.07 Å². The average molecular weight is 319 g/mol. The first-order valence-corrected chi connectivity index (χ1v) is 7.19. The molecule has 0 saturated carbocycles. The summed E-state index contributed by atoms with van der Waals surface area (Å²) < 4.78 is 6.96. The number of ether oxygens (including phenoxy) is 1. The molecule has 9 nitrogen and oxygen atoms in total. The van der Waals surface area contributed by atoms with Gasteiger partial charge in [0.1, 0.15) is 0 Å². The molecule has 0 aromatic carbocycles. The van der Waals surface area contributed by atoms with Crippen molar-refractivity contribution in [2.24, 2.45) is 0 Å². The highest BCUT2D eigenvalue weighted by atomic mass is 16.5. The normalized spacial score (nSPS) is 10.6.